The Kier molecular flexibility index (Phi) is 7.06. The lowest BCUT2D eigenvalue weighted by Gasteiger charge is -2.28. The number of benzene rings is 1. The first-order chi connectivity index (χ1) is 13.6. The molecule has 1 saturated heterocycles. The SMILES string of the molecule is CCc1cc(N(CCCCN2CCOCC2)c2cc(=O)[nH]c(=O)[nH]2)ccc1C. The number of aryl methyl sites for hydroxylation is 2. The molecule has 0 bridgehead atoms. The second-order valence-electron chi connectivity index (χ2n) is 7.25. The molecule has 7 nitrogen and oxygen atoms in total. The van der Waals surface area contributed by atoms with Crippen molar-refractivity contribution in [2.75, 3.05) is 44.3 Å². The molecule has 1 aromatic heterocycles. The Bertz CT molecular complexity index is 855. The van der Waals surface area contributed by atoms with E-state index >= 15 is 0 Å². The third-order valence-corrected chi connectivity index (χ3v) is 5.27. The molecular weight excluding hydrogens is 356 g/mol. The van der Waals surface area contributed by atoms with Gasteiger partial charge in [0.15, 0.2) is 0 Å². The zero-order valence-electron chi connectivity index (χ0n) is 16.8. The van der Waals surface area contributed by atoms with Gasteiger partial charge in [-0.2, -0.15) is 0 Å². The number of ether oxygens (including phenoxy) is 1. The number of hydrogen-bond acceptors (Lipinski definition) is 5. The van der Waals surface area contributed by atoms with Crippen LogP contribution in [0.3, 0.4) is 0 Å². The molecule has 1 aliphatic rings. The summed E-state index contributed by atoms with van der Waals surface area (Å²) in [5.41, 5.74) is 2.64. The summed E-state index contributed by atoms with van der Waals surface area (Å²) in [6.45, 7) is 9.60. The monoisotopic (exact) mass is 386 g/mol. The van der Waals surface area contributed by atoms with Crippen molar-refractivity contribution in [3.63, 3.8) is 0 Å². The number of H-pyrrole nitrogens is 2. The van der Waals surface area contributed by atoms with Crippen LogP contribution in [0.2, 0.25) is 0 Å². The minimum absolute atomic E-state index is 0.389. The predicted octanol–water partition coefficient (Wildman–Crippen LogP) is 2.18. The van der Waals surface area contributed by atoms with E-state index in [0.29, 0.717) is 5.82 Å². The van der Waals surface area contributed by atoms with E-state index in [1.54, 1.807) is 0 Å². The van der Waals surface area contributed by atoms with Crippen LogP contribution >= 0.6 is 0 Å². The number of anilines is 2. The van der Waals surface area contributed by atoms with Gasteiger partial charge in [0, 0.05) is 31.4 Å². The standard InChI is InChI=1S/C21H30N4O3/c1-3-17-14-18(7-6-16(17)2)25(19-15-20(26)23-21(27)22-19)9-5-4-8-24-10-12-28-13-11-24/h6-7,14-15H,3-5,8-13H2,1-2H3,(H2,22,23,26,27). The minimum atomic E-state index is -0.483. The zero-order chi connectivity index (χ0) is 19.9. The van der Waals surface area contributed by atoms with Gasteiger partial charge in [0.2, 0.25) is 0 Å². The minimum Gasteiger partial charge on any atom is -0.379 e. The largest absolute Gasteiger partial charge is 0.379 e. The fourth-order valence-electron chi connectivity index (χ4n) is 3.63. The highest BCUT2D eigenvalue weighted by Crippen LogP contribution is 2.25. The number of hydrogen-bond donors (Lipinski definition) is 2. The highest BCUT2D eigenvalue weighted by Gasteiger charge is 2.14. The maximum absolute atomic E-state index is 11.8. The Morgan fingerprint density at radius 1 is 1.11 bits per heavy atom. The van der Waals surface area contributed by atoms with Crippen LogP contribution in [0, 0.1) is 6.92 Å². The van der Waals surface area contributed by atoms with E-state index in [1.807, 2.05) is 4.90 Å². The summed E-state index contributed by atoms with van der Waals surface area (Å²) in [5, 5.41) is 0. The molecule has 3 rings (SSSR count). The Labute approximate surface area is 165 Å². The average Bonchev–Trinajstić information content (AvgIpc) is 2.69. The molecule has 0 atom stereocenters. The van der Waals surface area contributed by atoms with Crippen molar-refractivity contribution in [1.29, 1.82) is 0 Å². The van der Waals surface area contributed by atoms with Crippen LogP contribution in [0.5, 0.6) is 0 Å². The lowest BCUT2D eigenvalue weighted by molar-refractivity contribution is 0.0373. The topological polar surface area (TPSA) is 81.4 Å². The summed E-state index contributed by atoms with van der Waals surface area (Å²) in [6.07, 6.45) is 2.95. The third kappa shape index (κ3) is 5.33. The molecule has 0 spiro atoms. The molecule has 0 saturated carbocycles. The van der Waals surface area contributed by atoms with Crippen molar-refractivity contribution in [2.24, 2.45) is 0 Å². The van der Waals surface area contributed by atoms with Gasteiger partial charge in [-0.1, -0.05) is 13.0 Å². The first kappa shape index (κ1) is 20.4. The van der Waals surface area contributed by atoms with Crippen LogP contribution in [0.1, 0.15) is 30.9 Å². The Balaban J connectivity index is 1.76. The third-order valence-electron chi connectivity index (χ3n) is 5.27. The Morgan fingerprint density at radius 3 is 2.61 bits per heavy atom. The second kappa shape index (κ2) is 9.71. The number of aromatic nitrogens is 2. The van der Waals surface area contributed by atoms with Crippen molar-refractivity contribution in [3.05, 3.63) is 56.2 Å². The number of unbranched alkanes of at least 4 members (excludes halogenated alkanes) is 1. The number of nitrogens with one attached hydrogen (secondary N) is 2. The number of rotatable bonds is 8. The van der Waals surface area contributed by atoms with Gasteiger partial charge >= 0.3 is 5.69 Å². The van der Waals surface area contributed by atoms with Gasteiger partial charge in [-0.25, -0.2) is 4.79 Å². The molecule has 28 heavy (non-hydrogen) atoms. The lowest BCUT2D eigenvalue weighted by Crippen LogP contribution is -2.37. The summed E-state index contributed by atoms with van der Waals surface area (Å²) in [4.78, 5) is 33.1. The highest BCUT2D eigenvalue weighted by molar-refractivity contribution is 5.61. The highest BCUT2D eigenvalue weighted by atomic mass is 16.5. The van der Waals surface area contributed by atoms with Crippen LogP contribution in [0.4, 0.5) is 11.5 Å². The Hall–Kier alpha value is -2.38. The number of nitrogens with zero attached hydrogens (tertiary/aromatic N) is 2. The first-order valence-corrected chi connectivity index (χ1v) is 10.1. The van der Waals surface area contributed by atoms with Gasteiger partial charge in [-0.3, -0.25) is 19.7 Å². The van der Waals surface area contributed by atoms with E-state index in [9.17, 15) is 9.59 Å². The molecule has 1 fully saturated rings. The number of aromatic amines is 2. The Morgan fingerprint density at radius 2 is 1.89 bits per heavy atom. The molecule has 2 aromatic rings. The van der Waals surface area contributed by atoms with Gasteiger partial charge in [-0.15, -0.1) is 0 Å². The summed E-state index contributed by atoms with van der Waals surface area (Å²) in [7, 11) is 0. The lowest BCUT2D eigenvalue weighted by atomic mass is 10.0. The van der Waals surface area contributed by atoms with Crippen LogP contribution < -0.4 is 16.1 Å². The van der Waals surface area contributed by atoms with E-state index < -0.39 is 5.69 Å². The molecule has 2 heterocycles. The number of morpholine rings is 1. The molecule has 2 N–H and O–H groups in total. The zero-order valence-corrected chi connectivity index (χ0v) is 16.8. The quantitative estimate of drug-likeness (QED) is 0.680. The van der Waals surface area contributed by atoms with Crippen molar-refractivity contribution >= 4 is 11.5 Å². The van der Waals surface area contributed by atoms with Crippen LogP contribution in [-0.2, 0) is 11.2 Å². The molecule has 7 heteroatoms. The molecule has 0 amide bonds. The van der Waals surface area contributed by atoms with Gasteiger partial charge in [0.1, 0.15) is 5.82 Å². The summed E-state index contributed by atoms with van der Waals surface area (Å²) < 4.78 is 5.40. The van der Waals surface area contributed by atoms with E-state index in [2.05, 4.69) is 46.9 Å². The van der Waals surface area contributed by atoms with Gasteiger partial charge in [-0.05, 0) is 56.0 Å². The van der Waals surface area contributed by atoms with Crippen molar-refractivity contribution in [2.45, 2.75) is 33.1 Å². The van der Waals surface area contributed by atoms with E-state index in [-0.39, 0.29) is 5.56 Å². The molecule has 0 unspecified atom stereocenters. The molecule has 152 valence electrons. The van der Waals surface area contributed by atoms with Crippen LogP contribution in [-0.4, -0.2) is 54.3 Å². The molecule has 1 aromatic carbocycles. The predicted molar refractivity (Wildman–Crippen MR) is 112 cm³/mol. The van der Waals surface area contributed by atoms with Crippen molar-refractivity contribution < 1.29 is 4.74 Å². The maximum Gasteiger partial charge on any atom is 0.327 e. The molecular formula is C21H30N4O3. The maximum atomic E-state index is 11.8. The first-order valence-electron chi connectivity index (χ1n) is 10.1. The summed E-state index contributed by atoms with van der Waals surface area (Å²) in [5.74, 6) is 0.533. The molecule has 1 aliphatic heterocycles. The smallest absolute Gasteiger partial charge is 0.327 e. The van der Waals surface area contributed by atoms with Gasteiger partial charge in [0.05, 0.1) is 13.2 Å². The summed E-state index contributed by atoms with van der Waals surface area (Å²) >= 11 is 0. The van der Waals surface area contributed by atoms with Gasteiger partial charge < -0.3 is 9.64 Å². The summed E-state index contributed by atoms with van der Waals surface area (Å²) in [6, 6.07) is 7.75. The molecule has 0 aliphatic carbocycles. The second-order valence-corrected chi connectivity index (χ2v) is 7.25. The average molecular weight is 386 g/mol. The normalized spacial score (nSPS) is 14.9. The van der Waals surface area contributed by atoms with Crippen molar-refractivity contribution in [1.82, 2.24) is 14.9 Å². The van der Waals surface area contributed by atoms with Crippen LogP contribution in [0.15, 0.2) is 33.9 Å². The van der Waals surface area contributed by atoms with Crippen molar-refractivity contribution in [3.8, 4) is 0 Å². The fourth-order valence-corrected chi connectivity index (χ4v) is 3.63. The van der Waals surface area contributed by atoms with Crippen LogP contribution in [0.25, 0.3) is 0 Å². The van der Waals surface area contributed by atoms with E-state index in [0.717, 1.165) is 64.3 Å². The van der Waals surface area contributed by atoms with E-state index in [4.69, 9.17) is 4.74 Å². The van der Waals surface area contributed by atoms with Gasteiger partial charge in [0.25, 0.3) is 5.56 Å². The molecule has 0 radical (unpaired) electrons. The fraction of sp³-hybridized carbons (Fsp3) is 0.524. The van der Waals surface area contributed by atoms with E-state index in [1.165, 1.54) is 17.2 Å².